The van der Waals surface area contributed by atoms with E-state index in [0.29, 0.717) is 13.3 Å². The zero-order valence-electron chi connectivity index (χ0n) is 8.64. The summed E-state index contributed by atoms with van der Waals surface area (Å²) in [5, 5.41) is 2.65. The summed E-state index contributed by atoms with van der Waals surface area (Å²) in [5.74, 6) is -0.00338. The van der Waals surface area contributed by atoms with Gasteiger partial charge in [-0.05, 0) is 12.1 Å². The van der Waals surface area contributed by atoms with Crippen molar-refractivity contribution >= 4 is 11.6 Å². The highest BCUT2D eigenvalue weighted by molar-refractivity contribution is 5.85. The van der Waals surface area contributed by atoms with Gasteiger partial charge in [0.2, 0.25) is 5.91 Å². The van der Waals surface area contributed by atoms with Crippen molar-refractivity contribution in [3.05, 3.63) is 30.3 Å². The second kappa shape index (κ2) is 4.31. The normalized spacial score (nSPS) is 20.3. The molecule has 1 saturated heterocycles. The Morgan fingerprint density at radius 3 is 2.87 bits per heavy atom. The standard InChI is InChI=1S/C11H14N2O2/c1-12-11(14)10-7-15-8-13(10)9-5-3-2-4-6-9/h2-6,10H,7-8H2,1H3,(H,12,14). The number of carbonyl (C=O) groups excluding carboxylic acids is 1. The summed E-state index contributed by atoms with van der Waals surface area (Å²) in [5.41, 5.74) is 1.02. The average molecular weight is 206 g/mol. The first-order chi connectivity index (χ1) is 7.33. The maximum absolute atomic E-state index is 11.6. The van der Waals surface area contributed by atoms with Gasteiger partial charge in [-0.3, -0.25) is 4.79 Å². The van der Waals surface area contributed by atoms with Crippen LogP contribution in [-0.4, -0.2) is 32.3 Å². The Morgan fingerprint density at radius 2 is 2.20 bits per heavy atom. The highest BCUT2D eigenvalue weighted by Crippen LogP contribution is 2.20. The van der Waals surface area contributed by atoms with Crippen LogP contribution < -0.4 is 10.2 Å². The minimum absolute atomic E-state index is 0.00338. The minimum Gasteiger partial charge on any atom is -0.358 e. The van der Waals surface area contributed by atoms with Gasteiger partial charge in [-0.25, -0.2) is 0 Å². The number of rotatable bonds is 2. The molecule has 4 nitrogen and oxygen atoms in total. The third-order valence-electron chi connectivity index (χ3n) is 2.52. The molecule has 0 aliphatic carbocycles. The van der Waals surface area contributed by atoms with Crippen LogP contribution in [0.2, 0.25) is 0 Å². The summed E-state index contributed by atoms with van der Waals surface area (Å²) in [7, 11) is 1.64. The van der Waals surface area contributed by atoms with E-state index in [4.69, 9.17) is 4.74 Å². The van der Waals surface area contributed by atoms with E-state index in [-0.39, 0.29) is 11.9 Å². The van der Waals surface area contributed by atoms with Gasteiger partial charge in [0.1, 0.15) is 12.8 Å². The van der Waals surface area contributed by atoms with Crippen molar-refractivity contribution in [1.29, 1.82) is 0 Å². The summed E-state index contributed by atoms with van der Waals surface area (Å²) in [6.07, 6.45) is 0. The first-order valence-electron chi connectivity index (χ1n) is 4.94. The van der Waals surface area contributed by atoms with Crippen LogP contribution in [0.4, 0.5) is 5.69 Å². The molecule has 1 heterocycles. The van der Waals surface area contributed by atoms with E-state index in [0.717, 1.165) is 5.69 Å². The van der Waals surface area contributed by atoms with Gasteiger partial charge in [-0.1, -0.05) is 18.2 Å². The molecular weight excluding hydrogens is 192 g/mol. The van der Waals surface area contributed by atoms with Gasteiger partial charge in [0.15, 0.2) is 0 Å². The lowest BCUT2D eigenvalue weighted by molar-refractivity contribution is -0.121. The smallest absolute Gasteiger partial charge is 0.244 e. The van der Waals surface area contributed by atoms with E-state index >= 15 is 0 Å². The predicted octanol–water partition coefficient (Wildman–Crippen LogP) is 0.595. The molecule has 1 atom stereocenters. The Labute approximate surface area is 88.8 Å². The third-order valence-corrected chi connectivity index (χ3v) is 2.52. The minimum atomic E-state index is -0.211. The van der Waals surface area contributed by atoms with Crippen LogP contribution in [0.15, 0.2) is 30.3 Å². The SMILES string of the molecule is CNC(=O)C1COCN1c1ccccc1. The molecular formula is C11H14N2O2. The van der Waals surface area contributed by atoms with Gasteiger partial charge in [0, 0.05) is 12.7 Å². The quantitative estimate of drug-likeness (QED) is 0.770. The van der Waals surface area contributed by atoms with Crippen molar-refractivity contribution in [1.82, 2.24) is 5.32 Å². The summed E-state index contributed by atoms with van der Waals surface area (Å²) >= 11 is 0. The van der Waals surface area contributed by atoms with E-state index in [9.17, 15) is 4.79 Å². The molecule has 1 amide bonds. The van der Waals surface area contributed by atoms with Gasteiger partial charge >= 0.3 is 0 Å². The number of ether oxygens (including phenoxy) is 1. The van der Waals surface area contributed by atoms with Crippen LogP contribution in [0, 0.1) is 0 Å². The largest absolute Gasteiger partial charge is 0.358 e. The van der Waals surface area contributed by atoms with Crippen LogP contribution >= 0.6 is 0 Å². The highest BCUT2D eigenvalue weighted by atomic mass is 16.5. The van der Waals surface area contributed by atoms with Crippen molar-refractivity contribution < 1.29 is 9.53 Å². The molecule has 1 aromatic carbocycles. The number of nitrogens with one attached hydrogen (secondary N) is 1. The third kappa shape index (κ3) is 1.94. The van der Waals surface area contributed by atoms with Gasteiger partial charge < -0.3 is 15.0 Å². The number of hydrogen-bond donors (Lipinski definition) is 1. The molecule has 15 heavy (non-hydrogen) atoms. The molecule has 2 rings (SSSR count). The molecule has 0 bridgehead atoms. The van der Waals surface area contributed by atoms with Crippen molar-refractivity contribution in [2.45, 2.75) is 6.04 Å². The van der Waals surface area contributed by atoms with Gasteiger partial charge in [0.05, 0.1) is 6.61 Å². The molecule has 0 aromatic heterocycles. The maximum Gasteiger partial charge on any atom is 0.244 e. The van der Waals surface area contributed by atoms with E-state index in [2.05, 4.69) is 5.32 Å². The zero-order chi connectivity index (χ0) is 10.7. The Bertz CT molecular complexity index is 340. The summed E-state index contributed by atoms with van der Waals surface area (Å²) in [4.78, 5) is 13.5. The Hall–Kier alpha value is -1.55. The van der Waals surface area contributed by atoms with Crippen molar-refractivity contribution in [3.8, 4) is 0 Å². The molecule has 1 unspecified atom stereocenters. The number of amides is 1. The summed E-state index contributed by atoms with van der Waals surface area (Å²) in [6.45, 7) is 0.927. The fourth-order valence-electron chi connectivity index (χ4n) is 1.70. The fraction of sp³-hybridized carbons (Fsp3) is 0.364. The van der Waals surface area contributed by atoms with Gasteiger partial charge in [-0.15, -0.1) is 0 Å². The van der Waals surface area contributed by atoms with Crippen LogP contribution in [0.3, 0.4) is 0 Å². The number of hydrogen-bond acceptors (Lipinski definition) is 3. The summed E-state index contributed by atoms with van der Waals surface area (Å²) < 4.78 is 5.31. The molecule has 80 valence electrons. The lowest BCUT2D eigenvalue weighted by Gasteiger charge is -2.22. The van der Waals surface area contributed by atoms with E-state index in [1.165, 1.54) is 0 Å². The van der Waals surface area contributed by atoms with Crippen LogP contribution in [-0.2, 0) is 9.53 Å². The second-order valence-corrected chi connectivity index (χ2v) is 3.44. The van der Waals surface area contributed by atoms with E-state index in [1.54, 1.807) is 7.05 Å². The first-order valence-corrected chi connectivity index (χ1v) is 4.94. The van der Waals surface area contributed by atoms with Crippen molar-refractivity contribution in [2.75, 3.05) is 25.3 Å². The average Bonchev–Trinajstić information content (AvgIpc) is 2.78. The lowest BCUT2D eigenvalue weighted by atomic mass is 10.2. The van der Waals surface area contributed by atoms with Gasteiger partial charge in [0.25, 0.3) is 0 Å². The van der Waals surface area contributed by atoms with Crippen LogP contribution in [0.5, 0.6) is 0 Å². The molecule has 1 aliphatic heterocycles. The Balaban J connectivity index is 2.18. The van der Waals surface area contributed by atoms with E-state index in [1.807, 2.05) is 35.2 Å². The predicted molar refractivity (Wildman–Crippen MR) is 57.6 cm³/mol. The number of benzene rings is 1. The molecule has 1 fully saturated rings. The van der Waals surface area contributed by atoms with Crippen molar-refractivity contribution in [3.63, 3.8) is 0 Å². The van der Waals surface area contributed by atoms with Crippen molar-refractivity contribution in [2.24, 2.45) is 0 Å². The van der Waals surface area contributed by atoms with Crippen LogP contribution in [0.1, 0.15) is 0 Å². The molecule has 1 aromatic rings. The van der Waals surface area contributed by atoms with Gasteiger partial charge in [-0.2, -0.15) is 0 Å². The van der Waals surface area contributed by atoms with Crippen LogP contribution in [0.25, 0.3) is 0 Å². The topological polar surface area (TPSA) is 41.6 Å². The number of nitrogens with zero attached hydrogens (tertiary/aromatic N) is 1. The first kappa shape index (κ1) is 9.98. The number of anilines is 1. The number of para-hydroxylation sites is 1. The highest BCUT2D eigenvalue weighted by Gasteiger charge is 2.30. The number of carbonyl (C=O) groups is 1. The number of likely N-dealkylation sites (N-methyl/N-ethyl adjacent to an activating group) is 1. The molecule has 1 N–H and O–H groups in total. The lowest BCUT2D eigenvalue weighted by Crippen LogP contribution is -2.43. The molecule has 0 saturated carbocycles. The monoisotopic (exact) mass is 206 g/mol. The maximum atomic E-state index is 11.6. The molecule has 1 aliphatic rings. The van der Waals surface area contributed by atoms with E-state index < -0.39 is 0 Å². The Kier molecular flexibility index (Phi) is 2.87. The zero-order valence-corrected chi connectivity index (χ0v) is 8.64. The second-order valence-electron chi connectivity index (χ2n) is 3.44. The fourth-order valence-corrected chi connectivity index (χ4v) is 1.70. The molecule has 0 spiro atoms. The summed E-state index contributed by atoms with van der Waals surface area (Å²) in [6, 6.07) is 9.60. The Morgan fingerprint density at radius 1 is 1.47 bits per heavy atom. The molecule has 4 heteroatoms. The molecule has 0 radical (unpaired) electrons.